The summed E-state index contributed by atoms with van der Waals surface area (Å²) in [6.45, 7) is 6.45. The number of unbranched alkanes of at least 4 members (excludes halogenated alkanes) is 6. The number of aromatic amines is 1. The molecule has 8 aromatic rings. The van der Waals surface area contributed by atoms with E-state index >= 15 is 0 Å². The second-order valence-electron chi connectivity index (χ2n) is 15.0. The average molecular weight is 1050 g/mol. The Labute approximate surface area is 412 Å². The number of halogens is 3. The van der Waals surface area contributed by atoms with E-state index in [9.17, 15) is 22.8 Å². The molecule has 0 spiro atoms. The first-order chi connectivity index (χ1) is 32.4. The van der Waals surface area contributed by atoms with E-state index in [2.05, 4.69) is 117 Å². The van der Waals surface area contributed by atoms with Crippen LogP contribution in [0.25, 0.3) is 55.3 Å². The van der Waals surface area contributed by atoms with Crippen LogP contribution in [0.4, 0.5) is 13.2 Å². The van der Waals surface area contributed by atoms with Crippen LogP contribution in [0, 0.1) is 6.92 Å². The van der Waals surface area contributed by atoms with Crippen molar-refractivity contribution in [3.8, 4) is 61.1 Å². The Kier molecular flexibility index (Phi) is 20.3. The molecule has 0 aliphatic heterocycles. The van der Waals surface area contributed by atoms with Crippen LogP contribution in [0.2, 0.25) is 0 Å². The molecule has 1 radical (unpaired) electrons. The van der Waals surface area contributed by atoms with Crippen molar-refractivity contribution in [1.82, 2.24) is 50.3 Å². The van der Waals surface area contributed by atoms with Crippen molar-refractivity contribution in [3.63, 3.8) is 0 Å². The molecule has 0 fully saturated rings. The van der Waals surface area contributed by atoms with Crippen molar-refractivity contribution >= 4 is 35.1 Å². The van der Waals surface area contributed by atoms with E-state index in [1.165, 1.54) is 132 Å². The summed E-state index contributed by atoms with van der Waals surface area (Å²) < 4.78 is 41.0. The number of carbonyl (C=O) groups is 2. The monoisotopic (exact) mass is 1050 g/mol. The van der Waals surface area contributed by atoms with E-state index in [1.54, 1.807) is 6.92 Å². The number of aromatic carboxylic acids is 1. The number of carboxylic acid groups (broad SMARTS) is 1. The molecular formula is C48H48F3N10O4RuS2. The first-order valence-corrected chi connectivity index (χ1v) is 23.3. The van der Waals surface area contributed by atoms with E-state index in [1.807, 2.05) is 35.1 Å². The number of carboxylic acids is 1. The molecule has 0 aromatic carbocycles. The van der Waals surface area contributed by atoms with E-state index in [0.717, 1.165) is 11.4 Å². The number of hydrogen-bond donors (Lipinski definition) is 2. The maximum absolute atomic E-state index is 12.1. The first kappa shape index (κ1) is 52.6. The third-order valence-corrected chi connectivity index (χ3v) is 12.3. The number of H-pyrrole nitrogens is 1. The third-order valence-electron chi connectivity index (χ3n) is 9.92. The van der Waals surface area contributed by atoms with Crippen LogP contribution in [0.15, 0.2) is 97.6 Å². The number of pyridine rings is 4. The molecular weight excluding hydrogens is 1000 g/mol. The van der Waals surface area contributed by atoms with Gasteiger partial charge in [0.1, 0.15) is 17.4 Å². The van der Waals surface area contributed by atoms with Crippen molar-refractivity contribution in [1.29, 1.82) is 0 Å². The van der Waals surface area contributed by atoms with Gasteiger partial charge in [0.25, 0.3) is 6.47 Å². The van der Waals surface area contributed by atoms with Gasteiger partial charge in [0.05, 0.1) is 28.3 Å². The van der Waals surface area contributed by atoms with Crippen molar-refractivity contribution in [2.45, 2.75) is 91.2 Å². The second kappa shape index (κ2) is 26.2. The van der Waals surface area contributed by atoms with Gasteiger partial charge in [0, 0.05) is 56.2 Å². The molecule has 0 atom stereocenters. The Bertz CT molecular complexity index is 2740. The minimum absolute atomic E-state index is 0. The third kappa shape index (κ3) is 15.6. The average Bonchev–Trinajstić information content (AvgIpc) is 4.19. The summed E-state index contributed by atoms with van der Waals surface area (Å²) >= 11 is 3.83. The van der Waals surface area contributed by atoms with Gasteiger partial charge in [0.15, 0.2) is 5.82 Å². The zero-order chi connectivity index (χ0) is 47.6. The van der Waals surface area contributed by atoms with Crippen LogP contribution < -0.4 is 9.84 Å². The first-order valence-electron chi connectivity index (χ1n) is 21.6. The molecule has 20 heteroatoms. The van der Waals surface area contributed by atoms with Crippen LogP contribution in [-0.4, -0.2) is 62.7 Å². The van der Waals surface area contributed by atoms with Crippen LogP contribution in [-0.2, 0) is 43.3 Å². The van der Waals surface area contributed by atoms with Crippen molar-refractivity contribution in [2.24, 2.45) is 0 Å². The van der Waals surface area contributed by atoms with E-state index in [4.69, 9.17) is 5.11 Å². The van der Waals surface area contributed by atoms with Gasteiger partial charge in [-0.15, -0.1) is 22.7 Å². The van der Waals surface area contributed by atoms with E-state index in [-0.39, 0.29) is 36.7 Å². The van der Waals surface area contributed by atoms with Gasteiger partial charge in [-0.3, -0.25) is 34.9 Å². The molecule has 355 valence electrons. The van der Waals surface area contributed by atoms with Gasteiger partial charge < -0.3 is 19.9 Å². The number of aryl methyl sites for hydroxylation is 3. The zero-order valence-corrected chi connectivity index (χ0v) is 40.8. The summed E-state index contributed by atoms with van der Waals surface area (Å²) in [4.78, 5) is 51.0. The van der Waals surface area contributed by atoms with Crippen molar-refractivity contribution < 1.29 is 52.1 Å². The number of ether oxygens (including phenoxy) is 1. The zero-order valence-electron chi connectivity index (χ0n) is 37.4. The molecule has 8 heterocycles. The molecule has 0 aliphatic carbocycles. The molecule has 8 rings (SSSR count). The Morgan fingerprint density at radius 3 is 1.74 bits per heavy atom. The van der Waals surface area contributed by atoms with Gasteiger partial charge in [-0.25, -0.2) is 9.78 Å². The number of aromatic nitrogens is 10. The Balaban J connectivity index is 0.000000212. The van der Waals surface area contributed by atoms with Crippen molar-refractivity contribution in [2.75, 3.05) is 0 Å². The largest absolute Gasteiger partial charge is 1.00 e. The number of nitrogens with one attached hydrogen (secondary N) is 1. The number of rotatable bonds is 18. The second-order valence-corrected chi connectivity index (χ2v) is 17.4. The van der Waals surface area contributed by atoms with Crippen LogP contribution >= 0.6 is 22.7 Å². The van der Waals surface area contributed by atoms with Gasteiger partial charge in [-0.1, -0.05) is 52.4 Å². The minimum Gasteiger partial charge on any atom is -0.478 e. The molecule has 0 saturated carbocycles. The van der Waals surface area contributed by atoms with Crippen LogP contribution in [0.3, 0.4) is 0 Å². The molecule has 14 nitrogen and oxygen atoms in total. The smallest absolute Gasteiger partial charge is 0.478 e. The maximum atomic E-state index is 12.1. The summed E-state index contributed by atoms with van der Waals surface area (Å²) in [7, 11) is 0. The summed E-state index contributed by atoms with van der Waals surface area (Å²) in [6.07, 6.45) is 14.9. The topological polar surface area (TPSA) is 197 Å². The SMILES string of the molecule is CCCCCCc1ccc(-c2ccnc(-c3cc(-c4ccc(CCCCCC)s4)ccn3)c2)s1.Cc1nc(-c2nc(C(F)(F)F)n[n-]2)n[nH]1.O=COc1ccnc(-c2cc(C(=O)O)ccn2)c1.[Ru+]. The quantitative estimate of drug-likeness (QED) is 0.0468. The fraction of sp³-hybridized carbons (Fsp3) is 0.292. The Morgan fingerprint density at radius 2 is 1.25 bits per heavy atom. The number of hydrogen-bond acceptors (Lipinski definition) is 13. The van der Waals surface area contributed by atoms with Crippen molar-refractivity contribution in [3.05, 3.63) is 125 Å². The van der Waals surface area contributed by atoms with E-state index in [0.29, 0.717) is 29.4 Å². The minimum atomic E-state index is -4.60. The molecule has 68 heavy (non-hydrogen) atoms. The number of thiophene rings is 2. The van der Waals surface area contributed by atoms with Gasteiger partial charge in [-0.2, -0.15) is 18.3 Å². The molecule has 0 amide bonds. The summed E-state index contributed by atoms with van der Waals surface area (Å²) in [5.74, 6) is -1.80. The van der Waals surface area contributed by atoms with E-state index < -0.39 is 18.0 Å². The van der Waals surface area contributed by atoms with Crippen LogP contribution in [0.1, 0.15) is 97.0 Å². The fourth-order valence-electron chi connectivity index (χ4n) is 6.52. The van der Waals surface area contributed by atoms with Gasteiger partial charge in [0.2, 0.25) is 0 Å². The standard InChI is InChI=1S/C30H36N2S2.C12H8N2O4.C6H4F3N6.Ru/c1-3-5-7-9-11-25-13-15-29(33-25)23-17-19-31-27(21-23)28-22-24(18-20-32-28)30-16-14-26(34-30)12-10-8-6-4-2;15-7-18-9-2-4-14-11(6-9)10-5-8(12(16)17)1-3-13-10;1-2-10-3(13-12-2)4-11-5(15-14-4)6(7,8)9;/h13-22H,3-12H2,1-2H3;1-7H,(H,16,17);1H3,(H-,10,11,12,13,14,15);/q;;-1;+1. The molecule has 0 aliphatic rings. The Hall–Kier alpha value is -6.37. The van der Waals surface area contributed by atoms with Gasteiger partial charge >= 0.3 is 31.6 Å². The number of carbonyl (C=O) groups excluding carboxylic acids is 1. The molecule has 2 N–H and O–H groups in total. The molecule has 0 bridgehead atoms. The Morgan fingerprint density at radius 1 is 0.721 bits per heavy atom. The fourth-order valence-corrected chi connectivity index (χ4v) is 8.61. The maximum Gasteiger partial charge on any atom is 1.00 e. The predicted molar refractivity (Wildman–Crippen MR) is 251 cm³/mol. The molecule has 8 aromatic heterocycles. The normalized spacial score (nSPS) is 10.9. The van der Waals surface area contributed by atoms with Crippen LogP contribution in [0.5, 0.6) is 5.75 Å². The van der Waals surface area contributed by atoms with Gasteiger partial charge in [-0.05, 0) is 110 Å². The predicted octanol–water partition coefficient (Wildman–Crippen LogP) is 11.8. The number of alkyl halides is 3. The molecule has 0 saturated heterocycles. The summed E-state index contributed by atoms with van der Waals surface area (Å²) in [5, 5.41) is 21.1. The summed E-state index contributed by atoms with van der Waals surface area (Å²) in [6, 6.07) is 23.5. The number of nitrogens with zero attached hydrogens (tertiary/aromatic N) is 9. The summed E-state index contributed by atoms with van der Waals surface area (Å²) in [5.41, 5.74) is 5.27. The molecule has 0 unspecified atom stereocenters.